The number of piperidine rings is 1. The van der Waals surface area contributed by atoms with E-state index in [0.29, 0.717) is 18.0 Å². The van der Waals surface area contributed by atoms with Crippen molar-refractivity contribution in [2.45, 2.75) is 32.4 Å². The summed E-state index contributed by atoms with van der Waals surface area (Å²) in [6.45, 7) is 3.78. The second-order valence-corrected chi connectivity index (χ2v) is 6.42. The molecular weight excluding hydrogens is 314 g/mol. The van der Waals surface area contributed by atoms with Crippen molar-refractivity contribution in [3.8, 4) is 5.88 Å². The maximum absolute atomic E-state index is 12.3. The van der Waals surface area contributed by atoms with Gasteiger partial charge in [-0.05, 0) is 55.3 Å². The van der Waals surface area contributed by atoms with Gasteiger partial charge in [-0.15, -0.1) is 0 Å². The SMILES string of the molecule is COc1cc(CNC(=O)c2ccc(CN3CCCCC3)cc2)ccn1. The largest absolute Gasteiger partial charge is 0.481 e. The molecule has 1 aliphatic heterocycles. The van der Waals surface area contributed by atoms with Crippen molar-refractivity contribution in [2.75, 3.05) is 20.2 Å². The minimum atomic E-state index is -0.0692. The second-order valence-electron chi connectivity index (χ2n) is 6.42. The monoisotopic (exact) mass is 339 g/mol. The fraction of sp³-hybridized carbons (Fsp3) is 0.400. The van der Waals surface area contributed by atoms with E-state index in [2.05, 4.69) is 27.3 Å². The first kappa shape index (κ1) is 17.4. The quantitative estimate of drug-likeness (QED) is 0.879. The number of nitrogens with one attached hydrogen (secondary N) is 1. The summed E-state index contributed by atoms with van der Waals surface area (Å²) in [5, 5.41) is 2.93. The zero-order chi connectivity index (χ0) is 17.5. The average molecular weight is 339 g/mol. The summed E-state index contributed by atoms with van der Waals surface area (Å²) in [6, 6.07) is 11.6. The number of ether oxygens (including phenoxy) is 1. The molecule has 1 aromatic carbocycles. The first-order valence-corrected chi connectivity index (χ1v) is 8.83. The molecule has 3 rings (SSSR count). The van der Waals surface area contributed by atoms with Crippen molar-refractivity contribution >= 4 is 5.91 Å². The third kappa shape index (κ3) is 5.03. The highest BCUT2D eigenvalue weighted by molar-refractivity contribution is 5.94. The van der Waals surface area contributed by atoms with Crippen molar-refractivity contribution in [3.05, 3.63) is 59.3 Å². The molecule has 0 saturated carbocycles. The van der Waals surface area contributed by atoms with Crippen LogP contribution in [0.2, 0.25) is 0 Å². The average Bonchev–Trinajstić information content (AvgIpc) is 2.67. The predicted molar refractivity (Wildman–Crippen MR) is 97.5 cm³/mol. The van der Waals surface area contributed by atoms with Gasteiger partial charge in [-0.2, -0.15) is 0 Å². The summed E-state index contributed by atoms with van der Waals surface area (Å²) < 4.78 is 5.09. The Kier molecular flexibility index (Phi) is 6.01. The number of methoxy groups -OCH3 is 1. The van der Waals surface area contributed by atoms with E-state index in [-0.39, 0.29) is 5.91 Å². The van der Waals surface area contributed by atoms with Gasteiger partial charge in [0.2, 0.25) is 5.88 Å². The molecule has 0 unspecified atom stereocenters. The highest BCUT2D eigenvalue weighted by atomic mass is 16.5. The number of hydrogen-bond acceptors (Lipinski definition) is 4. The molecule has 1 aliphatic rings. The molecule has 132 valence electrons. The lowest BCUT2D eigenvalue weighted by Crippen LogP contribution is -2.29. The number of carbonyl (C=O) groups excluding carboxylic acids is 1. The third-order valence-corrected chi connectivity index (χ3v) is 4.53. The van der Waals surface area contributed by atoms with Gasteiger partial charge in [0, 0.05) is 30.9 Å². The first-order valence-electron chi connectivity index (χ1n) is 8.83. The lowest BCUT2D eigenvalue weighted by molar-refractivity contribution is 0.0951. The van der Waals surface area contributed by atoms with E-state index >= 15 is 0 Å². The zero-order valence-corrected chi connectivity index (χ0v) is 14.7. The maximum atomic E-state index is 12.3. The highest BCUT2D eigenvalue weighted by Crippen LogP contribution is 2.14. The van der Waals surface area contributed by atoms with E-state index in [0.717, 1.165) is 12.1 Å². The van der Waals surface area contributed by atoms with Gasteiger partial charge in [0.15, 0.2) is 0 Å². The number of carbonyl (C=O) groups is 1. The van der Waals surface area contributed by atoms with Crippen LogP contribution in [0.5, 0.6) is 5.88 Å². The fourth-order valence-electron chi connectivity index (χ4n) is 3.09. The molecule has 0 bridgehead atoms. The van der Waals surface area contributed by atoms with Gasteiger partial charge in [0.25, 0.3) is 5.91 Å². The minimum Gasteiger partial charge on any atom is -0.481 e. The number of pyridine rings is 1. The van der Waals surface area contributed by atoms with Crippen molar-refractivity contribution in [1.29, 1.82) is 0 Å². The molecule has 0 aliphatic carbocycles. The first-order chi connectivity index (χ1) is 12.2. The van der Waals surface area contributed by atoms with Gasteiger partial charge in [-0.25, -0.2) is 4.98 Å². The predicted octanol–water partition coefficient (Wildman–Crippen LogP) is 3.01. The van der Waals surface area contributed by atoms with Crippen molar-refractivity contribution in [3.63, 3.8) is 0 Å². The smallest absolute Gasteiger partial charge is 0.251 e. The van der Waals surface area contributed by atoms with Crippen LogP contribution in [0.25, 0.3) is 0 Å². The summed E-state index contributed by atoms with van der Waals surface area (Å²) in [6.07, 6.45) is 5.61. The Balaban J connectivity index is 1.53. The van der Waals surface area contributed by atoms with Gasteiger partial charge in [0.05, 0.1) is 7.11 Å². The molecule has 5 heteroatoms. The van der Waals surface area contributed by atoms with Crippen LogP contribution in [0.1, 0.15) is 40.7 Å². The topological polar surface area (TPSA) is 54.5 Å². The van der Waals surface area contributed by atoms with Crippen LogP contribution in [0, 0.1) is 0 Å². The van der Waals surface area contributed by atoms with Crippen LogP contribution in [0.3, 0.4) is 0 Å². The number of rotatable bonds is 6. The van der Waals surface area contributed by atoms with Gasteiger partial charge >= 0.3 is 0 Å². The second kappa shape index (κ2) is 8.62. The molecule has 1 amide bonds. The van der Waals surface area contributed by atoms with Crippen LogP contribution >= 0.6 is 0 Å². The molecule has 1 saturated heterocycles. The third-order valence-electron chi connectivity index (χ3n) is 4.53. The minimum absolute atomic E-state index is 0.0692. The van der Waals surface area contributed by atoms with Crippen LogP contribution < -0.4 is 10.1 Å². The number of aromatic nitrogens is 1. The molecule has 1 N–H and O–H groups in total. The maximum Gasteiger partial charge on any atom is 0.251 e. The Labute approximate surface area is 149 Å². The van der Waals surface area contributed by atoms with Crippen LogP contribution in [-0.2, 0) is 13.1 Å². The number of benzene rings is 1. The number of amides is 1. The Morgan fingerprint density at radius 1 is 1.12 bits per heavy atom. The van der Waals surface area contributed by atoms with E-state index in [4.69, 9.17) is 4.74 Å². The van der Waals surface area contributed by atoms with Crippen molar-refractivity contribution in [1.82, 2.24) is 15.2 Å². The molecule has 0 spiro atoms. The highest BCUT2D eigenvalue weighted by Gasteiger charge is 2.11. The lowest BCUT2D eigenvalue weighted by Gasteiger charge is -2.26. The molecule has 1 aromatic heterocycles. The Hall–Kier alpha value is -2.40. The van der Waals surface area contributed by atoms with Crippen molar-refractivity contribution < 1.29 is 9.53 Å². The Morgan fingerprint density at radius 2 is 1.88 bits per heavy atom. The van der Waals surface area contributed by atoms with Gasteiger partial charge in [-0.1, -0.05) is 18.6 Å². The molecule has 5 nitrogen and oxygen atoms in total. The molecule has 25 heavy (non-hydrogen) atoms. The molecule has 2 aromatic rings. The van der Waals surface area contributed by atoms with Crippen LogP contribution in [-0.4, -0.2) is 36.0 Å². The number of nitrogens with zero attached hydrogens (tertiary/aromatic N) is 2. The summed E-state index contributed by atoms with van der Waals surface area (Å²) in [7, 11) is 1.58. The lowest BCUT2D eigenvalue weighted by atomic mass is 10.1. The molecule has 2 heterocycles. The van der Waals surface area contributed by atoms with E-state index in [1.54, 1.807) is 13.3 Å². The van der Waals surface area contributed by atoms with E-state index < -0.39 is 0 Å². The summed E-state index contributed by atoms with van der Waals surface area (Å²) in [5.74, 6) is 0.481. The molecule has 0 atom stereocenters. The van der Waals surface area contributed by atoms with Gasteiger partial charge < -0.3 is 10.1 Å². The zero-order valence-electron chi connectivity index (χ0n) is 14.7. The van der Waals surface area contributed by atoms with Crippen LogP contribution in [0.4, 0.5) is 0 Å². The van der Waals surface area contributed by atoms with Crippen LogP contribution in [0.15, 0.2) is 42.6 Å². The number of hydrogen-bond donors (Lipinski definition) is 1. The summed E-state index contributed by atoms with van der Waals surface area (Å²) in [4.78, 5) is 18.8. The Bertz CT molecular complexity index is 694. The van der Waals surface area contributed by atoms with E-state index in [1.165, 1.54) is 37.9 Å². The van der Waals surface area contributed by atoms with Crippen molar-refractivity contribution in [2.24, 2.45) is 0 Å². The number of likely N-dealkylation sites (tertiary alicyclic amines) is 1. The normalized spacial score (nSPS) is 14.9. The molecular formula is C20H25N3O2. The standard InChI is InChI=1S/C20H25N3O2/c1-25-19-13-17(9-10-21-19)14-22-20(24)18-7-5-16(6-8-18)15-23-11-3-2-4-12-23/h5-10,13H,2-4,11-12,14-15H2,1H3,(H,22,24). The van der Waals surface area contributed by atoms with E-state index in [9.17, 15) is 4.79 Å². The van der Waals surface area contributed by atoms with Gasteiger partial charge in [-0.3, -0.25) is 9.69 Å². The molecule has 0 radical (unpaired) electrons. The summed E-state index contributed by atoms with van der Waals surface area (Å²) in [5.41, 5.74) is 2.91. The fourth-order valence-corrected chi connectivity index (χ4v) is 3.09. The summed E-state index contributed by atoms with van der Waals surface area (Å²) >= 11 is 0. The van der Waals surface area contributed by atoms with Gasteiger partial charge in [0.1, 0.15) is 0 Å². The van der Waals surface area contributed by atoms with E-state index in [1.807, 2.05) is 24.3 Å². The molecule has 1 fully saturated rings. The Morgan fingerprint density at radius 3 is 2.60 bits per heavy atom.